The third kappa shape index (κ3) is 3.98. The lowest BCUT2D eigenvalue weighted by Gasteiger charge is -2.26. The molecule has 1 aromatic rings. The molecule has 0 aliphatic carbocycles. The average Bonchev–Trinajstić information content (AvgIpc) is 2.26. The Labute approximate surface area is 97.0 Å². The number of pyridine rings is 1. The van der Waals surface area contributed by atoms with Crippen molar-refractivity contribution in [2.75, 3.05) is 7.05 Å². The summed E-state index contributed by atoms with van der Waals surface area (Å²) in [7, 11) is 2.05. The molecule has 0 aliphatic rings. The van der Waals surface area contributed by atoms with Crippen LogP contribution in [0.3, 0.4) is 0 Å². The predicted octanol–water partition coefficient (Wildman–Crippen LogP) is 1.62. The summed E-state index contributed by atoms with van der Waals surface area (Å²) in [6, 6.07) is 6.23. The molecule has 1 rings (SSSR count). The van der Waals surface area contributed by atoms with Crippen LogP contribution in [0.25, 0.3) is 0 Å². The number of hydrogen-bond acceptors (Lipinski definition) is 3. The summed E-state index contributed by atoms with van der Waals surface area (Å²) in [6.07, 6.45) is 3.41. The molecule has 88 valence electrons. The molecular weight excluding hydrogens is 200 g/mol. The van der Waals surface area contributed by atoms with E-state index in [0.29, 0.717) is 12.5 Å². The highest BCUT2D eigenvalue weighted by Gasteiger charge is 2.14. The molecule has 0 aliphatic heterocycles. The van der Waals surface area contributed by atoms with Crippen molar-refractivity contribution in [1.29, 1.82) is 5.41 Å². The van der Waals surface area contributed by atoms with E-state index in [1.807, 2.05) is 25.2 Å². The Balaban J connectivity index is 2.55. The van der Waals surface area contributed by atoms with Crippen molar-refractivity contribution in [1.82, 2.24) is 9.88 Å². The van der Waals surface area contributed by atoms with Gasteiger partial charge in [0.25, 0.3) is 0 Å². The highest BCUT2D eigenvalue weighted by Crippen LogP contribution is 2.09. The van der Waals surface area contributed by atoms with E-state index >= 15 is 0 Å². The van der Waals surface area contributed by atoms with Gasteiger partial charge in [-0.2, -0.15) is 0 Å². The molecule has 0 bridgehead atoms. The van der Waals surface area contributed by atoms with Gasteiger partial charge >= 0.3 is 0 Å². The molecule has 3 N–H and O–H groups in total. The topological polar surface area (TPSA) is 66.0 Å². The first kappa shape index (κ1) is 12.6. The molecule has 0 spiro atoms. The van der Waals surface area contributed by atoms with Crippen molar-refractivity contribution >= 4 is 5.84 Å². The number of nitrogens with two attached hydrogens (primary N) is 1. The quantitative estimate of drug-likeness (QED) is 0.565. The normalized spacial score (nSPS) is 12.7. The summed E-state index contributed by atoms with van der Waals surface area (Å²) in [4.78, 5) is 6.49. The summed E-state index contributed by atoms with van der Waals surface area (Å²) >= 11 is 0. The number of nitrogens with zero attached hydrogens (tertiary/aromatic N) is 2. The summed E-state index contributed by atoms with van der Waals surface area (Å²) in [5.41, 5.74) is 6.49. The molecule has 4 heteroatoms. The molecular formula is C12H20N4. The fourth-order valence-electron chi connectivity index (χ4n) is 1.74. The van der Waals surface area contributed by atoms with Gasteiger partial charge in [0.05, 0.1) is 11.5 Å². The maximum Gasteiger partial charge on any atom is 0.0921 e. The predicted molar refractivity (Wildman–Crippen MR) is 66.3 cm³/mol. The van der Waals surface area contributed by atoms with E-state index in [-0.39, 0.29) is 5.84 Å². The summed E-state index contributed by atoms with van der Waals surface area (Å²) in [5.74, 6) is 0.250. The van der Waals surface area contributed by atoms with Crippen molar-refractivity contribution < 1.29 is 0 Å². The molecule has 1 unspecified atom stereocenters. The molecule has 1 heterocycles. The third-order valence-corrected chi connectivity index (χ3v) is 2.69. The Hall–Kier alpha value is -1.42. The second kappa shape index (κ2) is 6.23. The number of rotatable bonds is 6. The second-order valence-electron chi connectivity index (χ2n) is 4.03. The van der Waals surface area contributed by atoms with E-state index in [0.717, 1.165) is 18.7 Å². The summed E-state index contributed by atoms with van der Waals surface area (Å²) in [5, 5.41) is 7.34. The molecule has 16 heavy (non-hydrogen) atoms. The molecule has 0 radical (unpaired) electrons. The van der Waals surface area contributed by atoms with Crippen LogP contribution < -0.4 is 5.73 Å². The van der Waals surface area contributed by atoms with E-state index in [1.165, 1.54) is 0 Å². The fourth-order valence-corrected chi connectivity index (χ4v) is 1.74. The molecule has 0 amide bonds. The Morgan fingerprint density at radius 2 is 2.31 bits per heavy atom. The van der Waals surface area contributed by atoms with Crippen LogP contribution in [0.4, 0.5) is 0 Å². The number of nitrogens with one attached hydrogen (secondary N) is 1. The zero-order valence-electron chi connectivity index (χ0n) is 9.98. The minimum Gasteiger partial charge on any atom is -0.388 e. The van der Waals surface area contributed by atoms with Crippen LogP contribution in [0.2, 0.25) is 0 Å². The number of hydrogen-bond donors (Lipinski definition) is 2. The molecule has 1 atom stereocenters. The zero-order valence-corrected chi connectivity index (χ0v) is 9.98. The monoisotopic (exact) mass is 220 g/mol. The minimum absolute atomic E-state index is 0.250. The molecule has 4 nitrogen and oxygen atoms in total. The van der Waals surface area contributed by atoms with E-state index < -0.39 is 0 Å². The van der Waals surface area contributed by atoms with Gasteiger partial charge in [0.15, 0.2) is 0 Å². The maximum atomic E-state index is 7.34. The second-order valence-corrected chi connectivity index (χ2v) is 4.03. The van der Waals surface area contributed by atoms with Gasteiger partial charge in [-0.15, -0.1) is 0 Å². The summed E-state index contributed by atoms with van der Waals surface area (Å²) < 4.78 is 0. The highest BCUT2D eigenvalue weighted by atomic mass is 15.1. The van der Waals surface area contributed by atoms with Crippen molar-refractivity contribution in [2.45, 2.75) is 32.4 Å². The smallest absolute Gasteiger partial charge is 0.0921 e. The van der Waals surface area contributed by atoms with Gasteiger partial charge in [0, 0.05) is 25.2 Å². The third-order valence-electron chi connectivity index (χ3n) is 2.69. The Morgan fingerprint density at radius 1 is 1.56 bits per heavy atom. The largest absolute Gasteiger partial charge is 0.388 e. The van der Waals surface area contributed by atoms with Crippen molar-refractivity contribution in [3.05, 3.63) is 30.1 Å². The van der Waals surface area contributed by atoms with Gasteiger partial charge < -0.3 is 5.73 Å². The first-order valence-electron chi connectivity index (χ1n) is 5.56. The Morgan fingerprint density at radius 3 is 2.81 bits per heavy atom. The zero-order chi connectivity index (χ0) is 12.0. The molecule has 1 aromatic heterocycles. The van der Waals surface area contributed by atoms with E-state index in [1.54, 1.807) is 6.20 Å². The van der Waals surface area contributed by atoms with Crippen LogP contribution in [0.5, 0.6) is 0 Å². The lowest BCUT2D eigenvalue weighted by Crippen LogP contribution is -2.34. The Bertz CT molecular complexity index is 323. The standard InChI is InChI=1S/C12H20N4/c1-3-11(8-12(13)14)16(2)9-10-6-4-5-7-15-10/h4-7,11H,3,8-9H2,1-2H3,(H3,13,14). The van der Waals surface area contributed by atoms with Crippen LogP contribution >= 0.6 is 0 Å². The Kier molecular flexibility index (Phi) is 4.92. The van der Waals surface area contributed by atoms with E-state index in [2.05, 4.69) is 16.8 Å². The van der Waals surface area contributed by atoms with Gasteiger partial charge in [-0.05, 0) is 25.6 Å². The molecule has 0 fully saturated rings. The lowest BCUT2D eigenvalue weighted by molar-refractivity contribution is 0.230. The number of aromatic nitrogens is 1. The number of amidine groups is 1. The first-order valence-corrected chi connectivity index (χ1v) is 5.56. The highest BCUT2D eigenvalue weighted by molar-refractivity contribution is 5.77. The molecule has 0 saturated carbocycles. The van der Waals surface area contributed by atoms with Gasteiger partial charge in [0.1, 0.15) is 0 Å². The van der Waals surface area contributed by atoms with Crippen molar-refractivity contribution in [3.63, 3.8) is 0 Å². The molecule has 0 aromatic carbocycles. The lowest BCUT2D eigenvalue weighted by atomic mass is 10.1. The average molecular weight is 220 g/mol. The maximum absolute atomic E-state index is 7.34. The van der Waals surface area contributed by atoms with Crippen molar-refractivity contribution in [3.8, 4) is 0 Å². The van der Waals surface area contributed by atoms with Crippen LogP contribution in [0, 0.1) is 5.41 Å². The fraction of sp³-hybridized carbons (Fsp3) is 0.500. The van der Waals surface area contributed by atoms with Crippen LogP contribution in [-0.2, 0) is 6.54 Å². The van der Waals surface area contributed by atoms with Crippen LogP contribution in [0.15, 0.2) is 24.4 Å². The van der Waals surface area contributed by atoms with Crippen LogP contribution in [0.1, 0.15) is 25.5 Å². The van der Waals surface area contributed by atoms with E-state index in [4.69, 9.17) is 11.1 Å². The first-order chi connectivity index (χ1) is 7.63. The van der Waals surface area contributed by atoms with Crippen LogP contribution in [-0.4, -0.2) is 28.8 Å². The SMILES string of the molecule is CCC(CC(=N)N)N(C)Cc1ccccn1. The minimum atomic E-state index is 0.250. The van der Waals surface area contributed by atoms with Gasteiger partial charge in [-0.1, -0.05) is 13.0 Å². The van der Waals surface area contributed by atoms with Crippen molar-refractivity contribution in [2.24, 2.45) is 5.73 Å². The van der Waals surface area contributed by atoms with Gasteiger partial charge in [0.2, 0.25) is 0 Å². The van der Waals surface area contributed by atoms with E-state index in [9.17, 15) is 0 Å². The molecule has 0 saturated heterocycles. The van der Waals surface area contributed by atoms with Gasteiger partial charge in [-0.25, -0.2) is 0 Å². The van der Waals surface area contributed by atoms with Gasteiger partial charge in [-0.3, -0.25) is 15.3 Å². The summed E-state index contributed by atoms with van der Waals surface area (Å²) in [6.45, 7) is 2.91.